The summed E-state index contributed by atoms with van der Waals surface area (Å²) < 4.78 is 25.7. The Labute approximate surface area is 212 Å². The predicted octanol–water partition coefficient (Wildman–Crippen LogP) is 7.19. The normalized spacial score (nSPS) is 15.0. The Balaban J connectivity index is 1.38. The number of aliphatic carboxylic acids is 1. The summed E-state index contributed by atoms with van der Waals surface area (Å²) in [6, 6.07) is 22.1. The lowest BCUT2D eigenvalue weighted by molar-refractivity contribution is -0.138. The number of hydrogen-bond acceptors (Lipinski definition) is 4. The number of ether oxygens (including phenoxy) is 2. The van der Waals surface area contributed by atoms with Gasteiger partial charge < -0.3 is 14.6 Å². The molecular formula is C30H34FNO4. The van der Waals surface area contributed by atoms with Crippen molar-refractivity contribution in [1.82, 2.24) is 4.90 Å². The maximum absolute atomic E-state index is 13.4. The number of likely N-dealkylation sites (N-methyl/N-ethyl adjacent to an activating group) is 1. The topological polar surface area (TPSA) is 59.0 Å². The molecule has 3 aromatic carbocycles. The molecule has 0 amide bonds. The lowest BCUT2D eigenvalue weighted by atomic mass is 9.84. The van der Waals surface area contributed by atoms with Crippen molar-refractivity contribution in [2.75, 3.05) is 20.1 Å². The molecule has 4 rings (SSSR count). The van der Waals surface area contributed by atoms with Crippen molar-refractivity contribution in [2.45, 2.75) is 50.5 Å². The number of carboxylic acids is 1. The van der Waals surface area contributed by atoms with Crippen LogP contribution in [0.25, 0.3) is 0 Å². The van der Waals surface area contributed by atoms with Gasteiger partial charge in [-0.25, -0.2) is 4.39 Å². The first kappa shape index (κ1) is 25.7. The SMILES string of the molecule is CN(CCC(Oc1ccc(Oc2ccc(C3CCCCC3)cc2)cc1)c1ccc(F)cc1)CC(=O)O. The summed E-state index contributed by atoms with van der Waals surface area (Å²) in [5.41, 5.74) is 2.23. The van der Waals surface area contributed by atoms with Crippen molar-refractivity contribution < 1.29 is 23.8 Å². The predicted molar refractivity (Wildman–Crippen MR) is 138 cm³/mol. The van der Waals surface area contributed by atoms with Crippen molar-refractivity contribution in [3.05, 3.63) is 89.7 Å². The highest BCUT2D eigenvalue weighted by Gasteiger charge is 2.17. The van der Waals surface area contributed by atoms with E-state index in [0.717, 1.165) is 11.3 Å². The highest BCUT2D eigenvalue weighted by molar-refractivity contribution is 5.69. The molecule has 1 aliphatic rings. The van der Waals surface area contributed by atoms with Gasteiger partial charge >= 0.3 is 5.97 Å². The maximum atomic E-state index is 13.4. The molecule has 1 atom stereocenters. The summed E-state index contributed by atoms with van der Waals surface area (Å²) in [7, 11) is 1.75. The van der Waals surface area contributed by atoms with Crippen LogP contribution in [-0.2, 0) is 4.79 Å². The Morgan fingerprint density at radius 2 is 1.50 bits per heavy atom. The molecule has 0 heterocycles. The second kappa shape index (κ2) is 12.5. The van der Waals surface area contributed by atoms with E-state index in [1.54, 1.807) is 24.1 Å². The van der Waals surface area contributed by atoms with Crippen molar-refractivity contribution in [2.24, 2.45) is 0 Å². The number of benzene rings is 3. The van der Waals surface area contributed by atoms with Crippen LogP contribution in [0.3, 0.4) is 0 Å². The highest BCUT2D eigenvalue weighted by Crippen LogP contribution is 2.34. The van der Waals surface area contributed by atoms with Crippen LogP contribution in [0.2, 0.25) is 0 Å². The summed E-state index contributed by atoms with van der Waals surface area (Å²) in [5, 5.41) is 9.01. The Bertz CT molecular complexity index is 1090. The highest BCUT2D eigenvalue weighted by atomic mass is 19.1. The molecular weight excluding hydrogens is 457 g/mol. The fraction of sp³-hybridized carbons (Fsp3) is 0.367. The van der Waals surface area contributed by atoms with E-state index < -0.39 is 5.97 Å². The van der Waals surface area contributed by atoms with Crippen molar-refractivity contribution in [1.29, 1.82) is 0 Å². The van der Waals surface area contributed by atoms with Gasteiger partial charge in [0, 0.05) is 13.0 Å². The lowest BCUT2D eigenvalue weighted by Crippen LogP contribution is -2.28. The van der Waals surface area contributed by atoms with Crippen molar-refractivity contribution in [3.8, 4) is 17.2 Å². The summed E-state index contributed by atoms with van der Waals surface area (Å²) >= 11 is 0. The van der Waals surface area contributed by atoms with E-state index in [4.69, 9.17) is 14.6 Å². The molecule has 0 bridgehead atoms. The van der Waals surface area contributed by atoms with Crippen LogP contribution in [0.5, 0.6) is 17.2 Å². The van der Waals surface area contributed by atoms with Crippen LogP contribution in [0, 0.1) is 5.82 Å². The average molecular weight is 492 g/mol. The van der Waals surface area contributed by atoms with Crippen LogP contribution in [0.15, 0.2) is 72.8 Å². The minimum atomic E-state index is -0.879. The Hall–Kier alpha value is -3.38. The molecule has 190 valence electrons. The van der Waals surface area contributed by atoms with Crippen LogP contribution in [0.4, 0.5) is 4.39 Å². The quantitative estimate of drug-likeness (QED) is 0.308. The van der Waals surface area contributed by atoms with E-state index >= 15 is 0 Å². The summed E-state index contributed by atoms with van der Waals surface area (Å²) in [6.07, 6.45) is 6.75. The minimum absolute atomic E-state index is 0.0518. The van der Waals surface area contributed by atoms with Gasteiger partial charge in [0.15, 0.2) is 0 Å². The second-order valence-electron chi connectivity index (χ2n) is 9.56. The molecule has 6 heteroatoms. The Kier molecular flexibility index (Phi) is 8.95. The van der Waals surface area contributed by atoms with Gasteiger partial charge in [0.1, 0.15) is 29.2 Å². The van der Waals surface area contributed by atoms with Gasteiger partial charge in [-0.2, -0.15) is 0 Å². The number of nitrogens with zero attached hydrogens (tertiary/aromatic N) is 1. The first-order valence-electron chi connectivity index (χ1n) is 12.7. The van der Waals surface area contributed by atoms with Gasteiger partial charge in [0.2, 0.25) is 0 Å². The molecule has 1 fully saturated rings. The second-order valence-corrected chi connectivity index (χ2v) is 9.56. The molecule has 3 aromatic rings. The Morgan fingerprint density at radius 1 is 0.917 bits per heavy atom. The average Bonchev–Trinajstić information content (AvgIpc) is 2.89. The Morgan fingerprint density at radius 3 is 2.11 bits per heavy atom. The lowest BCUT2D eigenvalue weighted by Gasteiger charge is -2.23. The largest absolute Gasteiger partial charge is 0.486 e. The molecule has 1 unspecified atom stereocenters. The van der Waals surface area contributed by atoms with E-state index in [-0.39, 0.29) is 18.5 Å². The molecule has 0 saturated heterocycles. The third kappa shape index (κ3) is 7.56. The van der Waals surface area contributed by atoms with Gasteiger partial charge in [-0.15, -0.1) is 0 Å². The van der Waals surface area contributed by atoms with Crippen LogP contribution in [0.1, 0.15) is 61.7 Å². The number of halogens is 1. The fourth-order valence-corrected chi connectivity index (χ4v) is 4.75. The third-order valence-corrected chi connectivity index (χ3v) is 6.71. The fourth-order valence-electron chi connectivity index (χ4n) is 4.75. The van der Waals surface area contributed by atoms with Crippen molar-refractivity contribution in [3.63, 3.8) is 0 Å². The zero-order valence-electron chi connectivity index (χ0n) is 20.7. The summed E-state index contributed by atoms with van der Waals surface area (Å²) in [4.78, 5) is 12.7. The standard InChI is InChI=1S/C30H34FNO4/c1-32(21-30(33)34)20-19-29(24-7-11-25(31)12-8-24)36-28-17-15-27(16-18-28)35-26-13-9-23(10-14-26)22-5-3-2-4-6-22/h7-18,22,29H,2-6,19-21H2,1H3,(H,33,34). The summed E-state index contributed by atoms with van der Waals surface area (Å²) in [5.74, 6) is 1.65. The van der Waals surface area contributed by atoms with Gasteiger partial charge in [0.05, 0.1) is 6.54 Å². The van der Waals surface area contributed by atoms with Crippen molar-refractivity contribution >= 4 is 5.97 Å². The van der Waals surface area contributed by atoms with Gasteiger partial charge in [-0.1, -0.05) is 43.5 Å². The molecule has 0 spiro atoms. The van der Waals surface area contributed by atoms with Gasteiger partial charge in [-0.05, 0) is 85.5 Å². The first-order chi connectivity index (χ1) is 17.5. The number of carbonyl (C=O) groups is 1. The molecule has 1 aliphatic carbocycles. The molecule has 1 saturated carbocycles. The van der Waals surface area contributed by atoms with Gasteiger partial charge in [0.25, 0.3) is 0 Å². The molecule has 0 aliphatic heterocycles. The maximum Gasteiger partial charge on any atom is 0.317 e. The van der Waals surface area contributed by atoms with E-state index in [1.165, 1.54) is 49.8 Å². The molecule has 36 heavy (non-hydrogen) atoms. The van der Waals surface area contributed by atoms with Gasteiger partial charge in [-0.3, -0.25) is 9.69 Å². The zero-order valence-corrected chi connectivity index (χ0v) is 20.7. The summed E-state index contributed by atoms with van der Waals surface area (Å²) in [6.45, 7) is 0.468. The molecule has 0 aromatic heterocycles. The number of carboxylic acid groups (broad SMARTS) is 1. The smallest absolute Gasteiger partial charge is 0.317 e. The van der Waals surface area contributed by atoms with E-state index in [2.05, 4.69) is 12.1 Å². The molecule has 5 nitrogen and oxygen atoms in total. The van der Waals surface area contributed by atoms with Crippen LogP contribution >= 0.6 is 0 Å². The van der Waals surface area contributed by atoms with Crippen LogP contribution in [-0.4, -0.2) is 36.1 Å². The zero-order chi connectivity index (χ0) is 25.3. The monoisotopic (exact) mass is 491 g/mol. The first-order valence-corrected chi connectivity index (χ1v) is 12.7. The minimum Gasteiger partial charge on any atom is -0.486 e. The molecule has 0 radical (unpaired) electrons. The van der Waals surface area contributed by atoms with Crippen LogP contribution < -0.4 is 9.47 Å². The molecule has 1 N–H and O–H groups in total. The van der Waals surface area contributed by atoms with E-state index in [9.17, 15) is 9.18 Å². The number of rotatable bonds is 11. The van der Waals surface area contributed by atoms with E-state index in [0.29, 0.717) is 30.4 Å². The van der Waals surface area contributed by atoms with E-state index in [1.807, 2.05) is 36.4 Å². The third-order valence-electron chi connectivity index (χ3n) is 6.71. The number of hydrogen-bond donors (Lipinski definition) is 1.